The highest BCUT2D eigenvalue weighted by atomic mass is 14.2. The lowest BCUT2D eigenvalue weighted by Crippen LogP contribution is -2.06. The van der Waals surface area contributed by atoms with Crippen LogP contribution in [-0.4, -0.2) is 0 Å². The quantitative estimate of drug-likeness (QED) is 0.600. The Balaban J connectivity index is 1.77. The van der Waals surface area contributed by atoms with Crippen molar-refractivity contribution in [2.24, 2.45) is 5.92 Å². The Hall–Kier alpha value is -2.60. The van der Waals surface area contributed by atoms with Crippen LogP contribution in [-0.2, 0) is 0 Å². The molecule has 0 heterocycles. The second-order valence-electron chi connectivity index (χ2n) is 6.74. The number of aryl methyl sites for hydroxylation is 2. The number of allylic oxidation sites excluding steroid dienone is 8. The van der Waals surface area contributed by atoms with Gasteiger partial charge in [0.25, 0.3) is 0 Å². The van der Waals surface area contributed by atoms with E-state index in [4.69, 9.17) is 0 Å². The zero-order valence-corrected chi connectivity index (χ0v) is 14.3. The number of hydrogen-bond donors (Lipinski definition) is 0. The van der Waals surface area contributed by atoms with Crippen molar-refractivity contribution in [1.29, 1.82) is 0 Å². The van der Waals surface area contributed by atoms with Gasteiger partial charge in [-0.25, -0.2) is 0 Å². The fourth-order valence-corrected chi connectivity index (χ4v) is 3.64. The third-order valence-corrected chi connectivity index (χ3v) is 5.08. The molecule has 0 amide bonds. The molecule has 0 spiro atoms. The number of benzene rings is 2. The molecule has 0 saturated carbocycles. The molecule has 0 heteroatoms. The smallest absolute Gasteiger partial charge is 0.00617 e. The molecule has 0 saturated heterocycles. The zero-order chi connectivity index (χ0) is 16.5. The Kier molecular flexibility index (Phi) is 3.82. The molecule has 0 aromatic heterocycles. The highest BCUT2D eigenvalue weighted by molar-refractivity contribution is 5.82. The molecule has 0 nitrogen and oxygen atoms in total. The van der Waals surface area contributed by atoms with Crippen LogP contribution in [0.15, 0.2) is 84.5 Å². The third-order valence-electron chi connectivity index (χ3n) is 5.08. The lowest BCUT2D eigenvalue weighted by Gasteiger charge is -2.22. The monoisotopic (exact) mass is 310 g/mol. The third kappa shape index (κ3) is 2.69. The lowest BCUT2D eigenvalue weighted by atomic mass is 9.83. The standard InChI is InChI=1S/C24H22/c1-17-7-3-6-10-23(17)22-12-11-18(2)24(16-22)21-14-13-19-8-4-5-9-20(19)15-21/h3-8,10-16,20H,9H2,1-2H3. The van der Waals surface area contributed by atoms with Crippen molar-refractivity contribution in [3.05, 3.63) is 101 Å². The van der Waals surface area contributed by atoms with Crippen LogP contribution >= 0.6 is 0 Å². The molecule has 0 N–H and O–H groups in total. The van der Waals surface area contributed by atoms with Crippen molar-refractivity contribution in [2.45, 2.75) is 20.3 Å². The van der Waals surface area contributed by atoms with Crippen LogP contribution in [0.5, 0.6) is 0 Å². The highest BCUT2D eigenvalue weighted by Crippen LogP contribution is 2.35. The van der Waals surface area contributed by atoms with Crippen molar-refractivity contribution < 1.29 is 0 Å². The van der Waals surface area contributed by atoms with E-state index in [9.17, 15) is 0 Å². The average Bonchev–Trinajstić information content (AvgIpc) is 2.62. The molecule has 2 aliphatic carbocycles. The normalized spacial score (nSPS) is 18.8. The molecule has 24 heavy (non-hydrogen) atoms. The van der Waals surface area contributed by atoms with Crippen molar-refractivity contribution in [3.8, 4) is 11.1 Å². The summed E-state index contributed by atoms with van der Waals surface area (Å²) in [5.74, 6) is 0.525. The van der Waals surface area contributed by atoms with Crippen molar-refractivity contribution in [3.63, 3.8) is 0 Å². The average molecular weight is 310 g/mol. The summed E-state index contributed by atoms with van der Waals surface area (Å²) in [4.78, 5) is 0. The van der Waals surface area contributed by atoms with Gasteiger partial charge < -0.3 is 0 Å². The van der Waals surface area contributed by atoms with Crippen LogP contribution in [0.3, 0.4) is 0 Å². The minimum absolute atomic E-state index is 0.525. The second kappa shape index (κ2) is 6.13. The van der Waals surface area contributed by atoms with E-state index in [1.54, 1.807) is 0 Å². The molecule has 1 unspecified atom stereocenters. The lowest BCUT2D eigenvalue weighted by molar-refractivity contribution is 0.782. The summed E-state index contributed by atoms with van der Waals surface area (Å²) in [6.07, 6.45) is 14.7. The van der Waals surface area contributed by atoms with E-state index in [-0.39, 0.29) is 0 Å². The maximum absolute atomic E-state index is 2.43. The van der Waals surface area contributed by atoms with Crippen LogP contribution in [0.4, 0.5) is 0 Å². The fraction of sp³-hybridized carbons (Fsp3) is 0.167. The van der Waals surface area contributed by atoms with Crippen LogP contribution in [0, 0.1) is 19.8 Å². The summed E-state index contributed by atoms with van der Waals surface area (Å²) in [6.45, 7) is 4.39. The summed E-state index contributed by atoms with van der Waals surface area (Å²) in [5.41, 5.74) is 9.40. The van der Waals surface area contributed by atoms with Crippen molar-refractivity contribution >= 4 is 5.57 Å². The number of rotatable bonds is 2. The van der Waals surface area contributed by atoms with Gasteiger partial charge in [0.15, 0.2) is 0 Å². The van der Waals surface area contributed by atoms with E-state index < -0.39 is 0 Å². The number of fused-ring (bicyclic) bond motifs is 1. The summed E-state index contributed by atoms with van der Waals surface area (Å²) in [7, 11) is 0. The van der Waals surface area contributed by atoms with Crippen molar-refractivity contribution in [1.82, 2.24) is 0 Å². The maximum atomic E-state index is 2.43. The predicted octanol–water partition coefficient (Wildman–Crippen LogP) is 6.43. The van der Waals surface area contributed by atoms with Gasteiger partial charge in [-0.2, -0.15) is 0 Å². The van der Waals surface area contributed by atoms with E-state index in [0.29, 0.717) is 5.92 Å². The van der Waals surface area contributed by atoms with E-state index in [1.807, 2.05) is 0 Å². The minimum atomic E-state index is 0.525. The summed E-state index contributed by atoms with van der Waals surface area (Å²) in [6, 6.07) is 15.4. The van der Waals surface area contributed by atoms with Crippen LogP contribution in [0.2, 0.25) is 0 Å². The molecule has 0 aliphatic heterocycles. The molecule has 4 rings (SSSR count). The molecule has 2 aromatic rings. The van der Waals surface area contributed by atoms with Crippen LogP contribution in [0.25, 0.3) is 16.7 Å². The van der Waals surface area contributed by atoms with Crippen molar-refractivity contribution in [2.75, 3.05) is 0 Å². The first kappa shape index (κ1) is 15.0. The molecule has 0 fully saturated rings. The van der Waals surface area contributed by atoms with Gasteiger partial charge in [-0.3, -0.25) is 0 Å². The first-order valence-electron chi connectivity index (χ1n) is 8.66. The van der Waals surface area contributed by atoms with Gasteiger partial charge in [0.1, 0.15) is 0 Å². The number of hydrogen-bond acceptors (Lipinski definition) is 0. The molecule has 2 aromatic carbocycles. The SMILES string of the molecule is Cc1ccc(-c2ccccc2C)cc1C1=CC2CC=CC=C2C=C1. The topological polar surface area (TPSA) is 0 Å². The largest absolute Gasteiger partial charge is 0.0836 e. The summed E-state index contributed by atoms with van der Waals surface area (Å²) >= 11 is 0. The first-order valence-corrected chi connectivity index (χ1v) is 8.66. The van der Waals surface area contributed by atoms with Crippen LogP contribution < -0.4 is 0 Å². The van der Waals surface area contributed by atoms with Gasteiger partial charge in [-0.05, 0) is 65.3 Å². The van der Waals surface area contributed by atoms with Gasteiger partial charge >= 0.3 is 0 Å². The molecule has 2 aliphatic rings. The van der Waals surface area contributed by atoms with Gasteiger partial charge in [0, 0.05) is 5.92 Å². The molecule has 0 radical (unpaired) electrons. The second-order valence-corrected chi connectivity index (χ2v) is 6.74. The molecular formula is C24H22. The van der Waals surface area contributed by atoms with E-state index in [0.717, 1.165) is 6.42 Å². The van der Waals surface area contributed by atoms with Gasteiger partial charge in [0.05, 0.1) is 0 Å². The molecule has 1 atom stereocenters. The van der Waals surface area contributed by atoms with Gasteiger partial charge in [-0.15, -0.1) is 0 Å². The fourth-order valence-electron chi connectivity index (χ4n) is 3.64. The van der Waals surface area contributed by atoms with E-state index >= 15 is 0 Å². The Morgan fingerprint density at radius 3 is 2.58 bits per heavy atom. The van der Waals surface area contributed by atoms with Gasteiger partial charge in [-0.1, -0.05) is 72.9 Å². The van der Waals surface area contributed by atoms with E-state index in [2.05, 4.69) is 92.8 Å². The van der Waals surface area contributed by atoms with Crippen LogP contribution in [0.1, 0.15) is 23.1 Å². The zero-order valence-electron chi connectivity index (χ0n) is 14.3. The Labute approximate surface area is 144 Å². The maximum Gasteiger partial charge on any atom is 0.00617 e. The Bertz CT molecular complexity index is 903. The Morgan fingerprint density at radius 2 is 1.71 bits per heavy atom. The highest BCUT2D eigenvalue weighted by Gasteiger charge is 2.17. The van der Waals surface area contributed by atoms with E-state index in [1.165, 1.54) is 39.0 Å². The first-order chi connectivity index (χ1) is 11.7. The minimum Gasteiger partial charge on any atom is -0.0836 e. The summed E-state index contributed by atoms with van der Waals surface area (Å²) in [5, 5.41) is 0. The summed E-state index contributed by atoms with van der Waals surface area (Å²) < 4.78 is 0. The molecule has 118 valence electrons. The molecule has 0 bridgehead atoms. The predicted molar refractivity (Wildman–Crippen MR) is 104 cm³/mol. The molecular weight excluding hydrogens is 288 g/mol. The van der Waals surface area contributed by atoms with Gasteiger partial charge in [0.2, 0.25) is 0 Å². The Morgan fingerprint density at radius 1 is 0.875 bits per heavy atom.